The van der Waals surface area contributed by atoms with Crippen LogP contribution < -0.4 is 10.0 Å². The Morgan fingerprint density at radius 1 is 1.11 bits per heavy atom. The molecule has 0 unspecified atom stereocenters. The van der Waals surface area contributed by atoms with Gasteiger partial charge in [-0.15, -0.1) is 0 Å². The van der Waals surface area contributed by atoms with Crippen molar-refractivity contribution in [2.24, 2.45) is 0 Å². The topological polar surface area (TPSA) is 132 Å². The molecule has 2 aromatic heterocycles. The first kappa shape index (κ1) is 26.4. The minimum Gasteiger partial charge on any atom is -0.450 e. The normalized spacial score (nSPS) is 11.4. The van der Waals surface area contributed by atoms with Crippen LogP contribution in [-0.4, -0.2) is 47.3 Å². The Kier molecular flexibility index (Phi) is 8.68. The van der Waals surface area contributed by atoms with Gasteiger partial charge >= 0.3 is 6.09 Å². The number of anilines is 1. The van der Waals surface area contributed by atoms with E-state index in [1.807, 2.05) is 6.92 Å². The van der Waals surface area contributed by atoms with Crippen LogP contribution in [-0.2, 0) is 21.3 Å². The van der Waals surface area contributed by atoms with Crippen molar-refractivity contribution in [2.75, 3.05) is 17.7 Å². The number of amides is 2. The van der Waals surface area contributed by atoms with E-state index in [0.29, 0.717) is 40.7 Å². The van der Waals surface area contributed by atoms with Gasteiger partial charge in [0.05, 0.1) is 18.9 Å². The highest BCUT2D eigenvalue weighted by Gasteiger charge is 2.19. The lowest BCUT2D eigenvalue weighted by Gasteiger charge is -2.11. The lowest BCUT2D eigenvalue weighted by Crippen LogP contribution is -2.33. The van der Waals surface area contributed by atoms with Crippen molar-refractivity contribution in [3.63, 3.8) is 0 Å². The van der Waals surface area contributed by atoms with Crippen molar-refractivity contribution in [1.82, 2.24) is 19.3 Å². The van der Waals surface area contributed by atoms with Crippen LogP contribution in [0.15, 0.2) is 30.3 Å². The molecule has 10 nitrogen and oxygen atoms in total. The standard InChI is InChI=1S/C23H28ClN5O5S/c1-4-6-7-12-35(32,33)28-22(30)20-11-10-19-21(27-20)29(15(3)25-19)14-16-8-9-17(13-18(16)24)26-23(31)34-5-2/h8-11,13H,4-7,12,14H2,1-3H3,(H,26,31)(H,28,30). The van der Waals surface area contributed by atoms with Gasteiger partial charge in [0, 0.05) is 10.7 Å². The van der Waals surface area contributed by atoms with Crippen LogP contribution in [0.3, 0.4) is 0 Å². The molecular formula is C23H28ClN5O5S. The number of nitrogens with one attached hydrogen (secondary N) is 2. The highest BCUT2D eigenvalue weighted by Crippen LogP contribution is 2.24. The van der Waals surface area contributed by atoms with Crippen molar-refractivity contribution in [1.29, 1.82) is 0 Å². The molecule has 0 bridgehead atoms. The maximum absolute atomic E-state index is 12.6. The van der Waals surface area contributed by atoms with Crippen LogP contribution >= 0.6 is 11.6 Å². The number of hydrogen-bond donors (Lipinski definition) is 2. The van der Waals surface area contributed by atoms with E-state index in [0.717, 1.165) is 18.4 Å². The summed E-state index contributed by atoms with van der Waals surface area (Å²) in [6, 6.07) is 8.13. The van der Waals surface area contributed by atoms with Crippen LogP contribution in [0.2, 0.25) is 5.02 Å². The molecule has 0 spiro atoms. The number of halogens is 1. The lowest BCUT2D eigenvalue weighted by atomic mass is 10.2. The van der Waals surface area contributed by atoms with E-state index in [1.165, 1.54) is 6.07 Å². The minimum atomic E-state index is -3.75. The number of aromatic nitrogens is 3. The zero-order valence-corrected chi connectivity index (χ0v) is 21.4. The number of sulfonamides is 1. The minimum absolute atomic E-state index is 0.0298. The molecular weight excluding hydrogens is 494 g/mol. The van der Waals surface area contributed by atoms with Crippen LogP contribution in [0.1, 0.15) is 55.0 Å². The van der Waals surface area contributed by atoms with Gasteiger partial charge in [0.1, 0.15) is 17.0 Å². The number of hydrogen-bond acceptors (Lipinski definition) is 7. The fraction of sp³-hybridized carbons (Fsp3) is 0.391. The zero-order valence-electron chi connectivity index (χ0n) is 19.8. The third kappa shape index (κ3) is 6.92. The van der Waals surface area contributed by atoms with Crippen molar-refractivity contribution in [3.05, 3.63) is 52.4 Å². The van der Waals surface area contributed by atoms with Crippen molar-refractivity contribution >= 4 is 50.5 Å². The van der Waals surface area contributed by atoms with Gasteiger partial charge in [0.25, 0.3) is 5.91 Å². The Labute approximate surface area is 209 Å². The Bertz CT molecular complexity index is 1340. The van der Waals surface area contributed by atoms with Gasteiger partial charge in [-0.05, 0) is 50.1 Å². The van der Waals surface area contributed by atoms with Gasteiger partial charge in [-0.25, -0.2) is 27.9 Å². The van der Waals surface area contributed by atoms with Gasteiger partial charge in [-0.2, -0.15) is 0 Å². The predicted molar refractivity (Wildman–Crippen MR) is 134 cm³/mol. The van der Waals surface area contributed by atoms with Gasteiger partial charge in [0.2, 0.25) is 10.0 Å². The Hall–Kier alpha value is -3.18. The van der Waals surface area contributed by atoms with E-state index in [9.17, 15) is 18.0 Å². The first-order chi connectivity index (χ1) is 16.6. The van der Waals surface area contributed by atoms with Gasteiger partial charge in [-0.3, -0.25) is 10.1 Å². The van der Waals surface area contributed by atoms with Crippen molar-refractivity contribution in [3.8, 4) is 0 Å². The highest BCUT2D eigenvalue weighted by atomic mass is 35.5. The summed E-state index contributed by atoms with van der Waals surface area (Å²) < 4.78 is 33.1. The number of carbonyl (C=O) groups excluding carboxylic acids is 2. The molecule has 2 heterocycles. The first-order valence-corrected chi connectivity index (χ1v) is 13.3. The highest BCUT2D eigenvalue weighted by molar-refractivity contribution is 7.90. The molecule has 0 fully saturated rings. The maximum atomic E-state index is 12.6. The summed E-state index contributed by atoms with van der Waals surface area (Å²) in [6.45, 7) is 6.03. The van der Waals surface area contributed by atoms with Gasteiger partial charge in [0.15, 0.2) is 5.65 Å². The first-order valence-electron chi connectivity index (χ1n) is 11.2. The number of nitrogens with zero attached hydrogens (tertiary/aromatic N) is 3. The van der Waals surface area contributed by atoms with Gasteiger partial charge < -0.3 is 9.30 Å². The number of aryl methyl sites for hydroxylation is 1. The predicted octanol–water partition coefficient (Wildman–Crippen LogP) is 4.26. The third-order valence-corrected chi connectivity index (χ3v) is 6.86. The number of ether oxygens (including phenoxy) is 1. The number of imidazole rings is 1. The van der Waals surface area contributed by atoms with E-state index in [2.05, 4.69) is 20.0 Å². The van der Waals surface area contributed by atoms with E-state index in [1.54, 1.807) is 42.7 Å². The average molecular weight is 522 g/mol. The number of rotatable bonds is 10. The molecule has 0 aliphatic rings. The third-order valence-electron chi connectivity index (χ3n) is 5.18. The largest absolute Gasteiger partial charge is 0.450 e. The number of carbonyl (C=O) groups is 2. The second-order valence-electron chi connectivity index (χ2n) is 7.89. The molecule has 0 atom stereocenters. The quantitative estimate of drug-likeness (QED) is 0.381. The Morgan fingerprint density at radius 2 is 1.89 bits per heavy atom. The molecule has 0 saturated heterocycles. The molecule has 2 N–H and O–H groups in total. The molecule has 35 heavy (non-hydrogen) atoms. The van der Waals surface area contributed by atoms with E-state index < -0.39 is 22.0 Å². The fourth-order valence-electron chi connectivity index (χ4n) is 3.43. The summed E-state index contributed by atoms with van der Waals surface area (Å²) in [7, 11) is -3.75. The van der Waals surface area contributed by atoms with Crippen molar-refractivity contribution in [2.45, 2.75) is 46.6 Å². The number of pyridine rings is 1. The van der Waals surface area contributed by atoms with E-state index in [4.69, 9.17) is 16.3 Å². The molecule has 188 valence electrons. The van der Waals surface area contributed by atoms with Gasteiger partial charge in [-0.1, -0.05) is 37.4 Å². The summed E-state index contributed by atoms with van der Waals surface area (Å²) in [5.74, 6) is -0.269. The Balaban J connectivity index is 1.82. The number of benzene rings is 1. The summed E-state index contributed by atoms with van der Waals surface area (Å²) in [6.07, 6.45) is 1.54. The summed E-state index contributed by atoms with van der Waals surface area (Å²) in [5, 5.41) is 3.00. The molecule has 0 radical (unpaired) electrons. The maximum Gasteiger partial charge on any atom is 0.411 e. The molecule has 3 aromatic rings. The van der Waals surface area contributed by atoms with E-state index in [-0.39, 0.29) is 18.1 Å². The fourth-order valence-corrected chi connectivity index (χ4v) is 4.74. The zero-order chi connectivity index (χ0) is 25.6. The second-order valence-corrected chi connectivity index (χ2v) is 10.1. The SMILES string of the molecule is CCCCCS(=O)(=O)NC(=O)c1ccc2nc(C)n(Cc3ccc(NC(=O)OCC)cc3Cl)c2n1. The van der Waals surface area contributed by atoms with Crippen LogP contribution in [0.4, 0.5) is 10.5 Å². The van der Waals surface area contributed by atoms with E-state index >= 15 is 0 Å². The average Bonchev–Trinajstić information content (AvgIpc) is 3.09. The van der Waals surface area contributed by atoms with Crippen LogP contribution in [0.5, 0.6) is 0 Å². The number of fused-ring (bicyclic) bond motifs is 1. The molecule has 0 saturated carbocycles. The monoisotopic (exact) mass is 521 g/mol. The summed E-state index contributed by atoms with van der Waals surface area (Å²) in [5.41, 5.74) is 2.17. The molecule has 1 aromatic carbocycles. The second kappa shape index (κ2) is 11.5. The lowest BCUT2D eigenvalue weighted by molar-refractivity contribution is 0.0976. The van der Waals surface area contributed by atoms with Crippen LogP contribution in [0, 0.1) is 6.92 Å². The molecule has 0 aliphatic heterocycles. The molecule has 2 amide bonds. The van der Waals surface area contributed by atoms with Crippen LogP contribution in [0.25, 0.3) is 11.2 Å². The van der Waals surface area contributed by atoms with Crippen molar-refractivity contribution < 1.29 is 22.7 Å². The molecule has 3 rings (SSSR count). The smallest absolute Gasteiger partial charge is 0.411 e. The summed E-state index contributed by atoms with van der Waals surface area (Å²) in [4.78, 5) is 33.1. The Morgan fingerprint density at radius 3 is 2.57 bits per heavy atom. The molecule has 0 aliphatic carbocycles. The summed E-state index contributed by atoms with van der Waals surface area (Å²) >= 11 is 6.44. The molecule has 12 heteroatoms. The number of unbranched alkanes of at least 4 members (excludes halogenated alkanes) is 2.